The van der Waals surface area contributed by atoms with Crippen molar-refractivity contribution in [1.29, 1.82) is 5.26 Å². The lowest BCUT2D eigenvalue weighted by molar-refractivity contribution is 0.979. The van der Waals surface area contributed by atoms with Gasteiger partial charge in [-0.3, -0.25) is 4.99 Å². The molecule has 0 spiro atoms. The Kier molecular flexibility index (Phi) is 5.87. The highest BCUT2D eigenvalue weighted by molar-refractivity contribution is 6.43. The first-order valence-corrected chi connectivity index (χ1v) is 10.5. The molecule has 0 saturated heterocycles. The van der Waals surface area contributed by atoms with Crippen LogP contribution in [-0.2, 0) is 6.42 Å². The topological polar surface area (TPSA) is 64.0 Å². The highest BCUT2D eigenvalue weighted by Crippen LogP contribution is 2.36. The summed E-state index contributed by atoms with van der Waals surface area (Å²) >= 11 is 18.6. The third kappa shape index (κ3) is 3.97. The number of halogens is 3. The summed E-state index contributed by atoms with van der Waals surface area (Å²) in [6, 6.07) is 15.3. The Morgan fingerprint density at radius 2 is 1.80 bits per heavy atom. The Balaban J connectivity index is 1.86. The van der Waals surface area contributed by atoms with Crippen LogP contribution in [0.5, 0.6) is 0 Å². The van der Waals surface area contributed by atoms with E-state index < -0.39 is 0 Å². The molecule has 1 heterocycles. The average Bonchev–Trinajstić information content (AvgIpc) is 3.07. The summed E-state index contributed by atoms with van der Waals surface area (Å²) in [6.07, 6.45) is 2.58. The first-order valence-electron chi connectivity index (χ1n) is 9.34. The van der Waals surface area contributed by atoms with Gasteiger partial charge in [-0.25, -0.2) is 0 Å². The van der Waals surface area contributed by atoms with Gasteiger partial charge in [-0.1, -0.05) is 34.8 Å². The number of nitriles is 1. The SMILES string of the molecule is CC=NCCc1cc(Nc2ccc(Cl)c(C#N)c2)cc2c1[nH]c1cc(Cl)c(Cl)cc12. The van der Waals surface area contributed by atoms with Gasteiger partial charge in [0.15, 0.2) is 0 Å². The maximum absolute atomic E-state index is 9.25. The molecule has 0 aliphatic rings. The van der Waals surface area contributed by atoms with Crippen molar-refractivity contribution in [1.82, 2.24) is 4.98 Å². The van der Waals surface area contributed by atoms with Gasteiger partial charge in [0.2, 0.25) is 0 Å². The van der Waals surface area contributed by atoms with Crippen LogP contribution in [0.4, 0.5) is 11.4 Å². The van der Waals surface area contributed by atoms with Gasteiger partial charge in [0.05, 0.1) is 20.6 Å². The monoisotopic (exact) mass is 454 g/mol. The molecule has 2 N–H and O–H groups in total. The Bertz CT molecular complexity index is 1330. The van der Waals surface area contributed by atoms with Crippen molar-refractivity contribution in [2.75, 3.05) is 11.9 Å². The van der Waals surface area contributed by atoms with E-state index in [2.05, 4.69) is 33.5 Å². The second-order valence-electron chi connectivity index (χ2n) is 6.84. The summed E-state index contributed by atoms with van der Waals surface area (Å²) in [5.41, 5.74) is 5.20. The normalized spacial score (nSPS) is 11.4. The lowest BCUT2D eigenvalue weighted by Crippen LogP contribution is -1.96. The number of anilines is 2. The Morgan fingerprint density at radius 1 is 1.00 bits per heavy atom. The first kappa shape index (κ1) is 20.6. The third-order valence-corrected chi connectivity index (χ3v) is 5.95. The molecule has 0 radical (unpaired) electrons. The van der Waals surface area contributed by atoms with Crippen LogP contribution in [-0.4, -0.2) is 17.7 Å². The molecule has 7 heteroatoms. The van der Waals surface area contributed by atoms with Crippen LogP contribution >= 0.6 is 34.8 Å². The standard InChI is InChI=1S/C23H17Cl3N4/c1-2-28-6-5-13-7-16(29-15-3-4-19(24)14(8-15)12-27)9-18-17-10-20(25)21(26)11-22(17)30-23(13)18/h2-4,7-11,29-30H,5-6H2,1H3. The molecule has 1 aromatic heterocycles. The van der Waals surface area contributed by atoms with Gasteiger partial charge in [0, 0.05) is 39.7 Å². The quantitative estimate of drug-likeness (QED) is 0.305. The molecule has 4 aromatic rings. The summed E-state index contributed by atoms with van der Waals surface area (Å²) in [6.45, 7) is 2.60. The molecule has 30 heavy (non-hydrogen) atoms. The second kappa shape index (κ2) is 8.57. The summed E-state index contributed by atoms with van der Waals surface area (Å²) < 4.78 is 0. The van der Waals surface area contributed by atoms with Gasteiger partial charge in [0.1, 0.15) is 6.07 Å². The summed E-state index contributed by atoms with van der Waals surface area (Å²) in [5.74, 6) is 0. The van der Waals surface area contributed by atoms with Crippen molar-refractivity contribution < 1.29 is 0 Å². The Hall–Kier alpha value is -2.71. The Morgan fingerprint density at radius 3 is 2.57 bits per heavy atom. The number of aromatic amines is 1. The van der Waals surface area contributed by atoms with Gasteiger partial charge >= 0.3 is 0 Å². The van der Waals surface area contributed by atoms with Crippen LogP contribution in [0, 0.1) is 11.3 Å². The van der Waals surface area contributed by atoms with Gasteiger partial charge in [-0.15, -0.1) is 0 Å². The first-order chi connectivity index (χ1) is 14.5. The van der Waals surface area contributed by atoms with Gasteiger partial charge < -0.3 is 10.3 Å². The number of benzene rings is 3. The van der Waals surface area contributed by atoms with E-state index in [1.54, 1.807) is 18.3 Å². The highest BCUT2D eigenvalue weighted by atomic mass is 35.5. The van der Waals surface area contributed by atoms with E-state index >= 15 is 0 Å². The number of hydrogen-bond donors (Lipinski definition) is 2. The maximum Gasteiger partial charge on any atom is 0.101 e. The molecule has 150 valence electrons. The zero-order chi connectivity index (χ0) is 21.3. The average molecular weight is 456 g/mol. The zero-order valence-electron chi connectivity index (χ0n) is 16.1. The molecular formula is C23H17Cl3N4. The molecular weight excluding hydrogens is 439 g/mol. The number of aliphatic imine (C=N–C) groups is 1. The number of aromatic nitrogens is 1. The molecule has 0 bridgehead atoms. The fourth-order valence-electron chi connectivity index (χ4n) is 3.51. The lowest BCUT2D eigenvalue weighted by atomic mass is 10.0. The highest BCUT2D eigenvalue weighted by Gasteiger charge is 2.13. The van der Waals surface area contributed by atoms with E-state index in [-0.39, 0.29) is 0 Å². The van der Waals surface area contributed by atoms with Crippen LogP contribution in [0.2, 0.25) is 15.1 Å². The van der Waals surface area contributed by atoms with E-state index in [0.717, 1.165) is 45.2 Å². The molecule has 0 saturated carbocycles. The van der Waals surface area contributed by atoms with Crippen LogP contribution in [0.15, 0.2) is 47.5 Å². The molecule has 0 atom stereocenters. The van der Waals surface area contributed by atoms with Crippen molar-refractivity contribution in [3.05, 3.63) is 68.7 Å². The number of H-pyrrole nitrogens is 1. The van der Waals surface area contributed by atoms with E-state index in [9.17, 15) is 5.26 Å². The van der Waals surface area contributed by atoms with E-state index in [0.29, 0.717) is 27.2 Å². The lowest BCUT2D eigenvalue weighted by Gasteiger charge is -2.11. The molecule has 0 aliphatic carbocycles. The molecule has 0 fully saturated rings. The minimum Gasteiger partial charge on any atom is -0.355 e. The number of nitrogens with one attached hydrogen (secondary N) is 2. The predicted octanol–water partition coefficient (Wildman–Crippen LogP) is 7.53. The van der Waals surface area contributed by atoms with Crippen molar-refractivity contribution >= 4 is 74.2 Å². The fraction of sp³-hybridized carbons (Fsp3) is 0.130. The van der Waals surface area contributed by atoms with Crippen molar-refractivity contribution in [2.24, 2.45) is 4.99 Å². The van der Waals surface area contributed by atoms with E-state index in [1.165, 1.54) is 0 Å². The fourth-order valence-corrected chi connectivity index (χ4v) is 4.00. The molecule has 0 amide bonds. The summed E-state index contributed by atoms with van der Waals surface area (Å²) in [4.78, 5) is 7.82. The second-order valence-corrected chi connectivity index (χ2v) is 8.06. The molecule has 4 rings (SSSR count). The van der Waals surface area contributed by atoms with E-state index in [1.807, 2.05) is 25.1 Å². The van der Waals surface area contributed by atoms with Crippen LogP contribution in [0.3, 0.4) is 0 Å². The van der Waals surface area contributed by atoms with Gasteiger partial charge in [-0.2, -0.15) is 5.26 Å². The maximum atomic E-state index is 9.25. The van der Waals surface area contributed by atoms with Crippen LogP contribution < -0.4 is 5.32 Å². The number of fused-ring (bicyclic) bond motifs is 3. The van der Waals surface area contributed by atoms with Gasteiger partial charge in [-0.05, 0) is 67.6 Å². The molecule has 4 nitrogen and oxygen atoms in total. The largest absolute Gasteiger partial charge is 0.355 e. The van der Waals surface area contributed by atoms with Crippen molar-refractivity contribution in [3.63, 3.8) is 0 Å². The smallest absolute Gasteiger partial charge is 0.101 e. The molecule has 0 aliphatic heterocycles. The van der Waals surface area contributed by atoms with Crippen LogP contribution in [0.1, 0.15) is 18.1 Å². The van der Waals surface area contributed by atoms with Crippen molar-refractivity contribution in [3.8, 4) is 6.07 Å². The molecule has 3 aromatic carbocycles. The Labute approximate surface area is 189 Å². The summed E-state index contributed by atoms with van der Waals surface area (Å²) in [7, 11) is 0. The molecule has 0 unspecified atom stereocenters. The summed E-state index contributed by atoms with van der Waals surface area (Å²) in [5, 5.41) is 16.1. The number of hydrogen-bond acceptors (Lipinski definition) is 3. The number of rotatable bonds is 5. The minimum atomic E-state index is 0.425. The predicted molar refractivity (Wildman–Crippen MR) is 128 cm³/mol. The zero-order valence-corrected chi connectivity index (χ0v) is 18.3. The third-order valence-electron chi connectivity index (χ3n) is 4.90. The number of nitrogens with zero attached hydrogens (tertiary/aromatic N) is 2. The van der Waals surface area contributed by atoms with E-state index in [4.69, 9.17) is 34.8 Å². The van der Waals surface area contributed by atoms with Gasteiger partial charge in [0.25, 0.3) is 0 Å². The van der Waals surface area contributed by atoms with Crippen molar-refractivity contribution in [2.45, 2.75) is 13.3 Å². The minimum absolute atomic E-state index is 0.425. The van der Waals surface area contributed by atoms with Crippen LogP contribution in [0.25, 0.3) is 21.8 Å².